The van der Waals surface area contributed by atoms with Crippen molar-refractivity contribution in [1.82, 2.24) is 10.2 Å². The van der Waals surface area contributed by atoms with Gasteiger partial charge in [0.15, 0.2) is 6.61 Å². The molecule has 0 aliphatic carbocycles. The van der Waals surface area contributed by atoms with Crippen LogP contribution in [-0.4, -0.2) is 48.9 Å². The number of rotatable bonds is 8. The van der Waals surface area contributed by atoms with Crippen molar-refractivity contribution in [3.8, 4) is 0 Å². The number of hydrogen-bond donors (Lipinski definition) is 1. The van der Waals surface area contributed by atoms with Gasteiger partial charge in [-0.3, -0.25) is 9.59 Å². The molecule has 0 fully saturated rings. The van der Waals surface area contributed by atoms with Gasteiger partial charge in [0, 0.05) is 19.2 Å². The van der Waals surface area contributed by atoms with Crippen LogP contribution in [0.15, 0.2) is 30.3 Å². The van der Waals surface area contributed by atoms with Gasteiger partial charge < -0.3 is 15.0 Å². The van der Waals surface area contributed by atoms with Gasteiger partial charge in [-0.15, -0.1) is 0 Å². The maximum absolute atomic E-state index is 13.0. The molecule has 24 heavy (non-hydrogen) atoms. The number of carbonyl (C=O) groups is 3. The fourth-order valence-corrected chi connectivity index (χ4v) is 1.85. The first kappa shape index (κ1) is 19.3. The van der Waals surface area contributed by atoms with E-state index >= 15 is 0 Å². The Labute approximate surface area is 140 Å². The number of ether oxygens (including phenoxy) is 1. The lowest BCUT2D eigenvalue weighted by molar-refractivity contribution is -0.148. The molecule has 0 spiro atoms. The summed E-state index contributed by atoms with van der Waals surface area (Å²) in [5.41, 5.74) is 0.504. The Kier molecular flexibility index (Phi) is 8.18. The van der Waals surface area contributed by atoms with Crippen LogP contribution in [0.2, 0.25) is 0 Å². The number of halogens is 1. The number of hydrogen-bond acceptors (Lipinski definition) is 4. The first-order valence-electron chi connectivity index (χ1n) is 7.61. The van der Waals surface area contributed by atoms with E-state index in [1.54, 1.807) is 19.9 Å². The van der Waals surface area contributed by atoms with E-state index in [0.717, 1.165) is 6.08 Å². The molecule has 0 aromatic heterocycles. The van der Waals surface area contributed by atoms with Crippen LogP contribution < -0.4 is 5.32 Å². The average Bonchev–Trinajstić information content (AvgIpc) is 2.56. The van der Waals surface area contributed by atoms with Crippen LogP contribution >= 0.6 is 0 Å². The van der Waals surface area contributed by atoms with E-state index in [1.807, 2.05) is 0 Å². The Hall–Kier alpha value is -2.70. The summed E-state index contributed by atoms with van der Waals surface area (Å²) in [6.45, 7) is 3.77. The minimum atomic E-state index is -0.721. The maximum Gasteiger partial charge on any atom is 0.331 e. The van der Waals surface area contributed by atoms with Crippen LogP contribution in [0.5, 0.6) is 0 Å². The molecule has 0 bridgehead atoms. The normalized spacial score (nSPS) is 10.5. The lowest BCUT2D eigenvalue weighted by Gasteiger charge is -2.19. The molecule has 130 valence electrons. The van der Waals surface area contributed by atoms with Crippen LogP contribution in [-0.2, 0) is 19.1 Å². The van der Waals surface area contributed by atoms with E-state index in [1.165, 1.54) is 29.2 Å². The summed E-state index contributed by atoms with van der Waals surface area (Å²) in [7, 11) is 0. The second kappa shape index (κ2) is 10.1. The van der Waals surface area contributed by atoms with Crippen molar-refractivity contribution in [2.45, 2.75) is 13.8 Å². The van der Waals surface area contributed by atoms with Crippen LogP contribution in [0.4, 0.5) is 4.39 Å². The quantitative estimate of drug-likeness (QED) is 0.575. The van der Waals surface area contributed by atoms with Crippen LogP contribution in [0, 0.1) is 5.82 Å². The van der Waals surface area contributed by atoms with Crippen LogP contribution in [0.1, 0.15) is 19.4 Å². The Morgan fingerprint density at radius 3 is 2.67 bits per heavy atom. The zero-order valence-electron chi connectivity index (χ0n) is 13.8. The van der Waals surface area contributed by atoms with E-state index < -0.39 is 24.3 Å². The minimum Gasteiger partial charge on any atom is -0.452 e. The molecule has 0 unspecified atom stereocenters. The molecule has 0 saturated heterocycles. The zero-order chi connectivity index (χ0) is 17.9. The lowest BCUT2D eigenvalue weighted by Crippen LogP contribution is -2.42. The third-order valence-electron chi connectivity index (χ3n) is 3.04. The van der Waals surface area contributed by atoms with Gasteiger partial charge in [0.2, 0.25) is 5.91 Å². The summed E-state index contributed by atoms with van der Waals surface area (Å²) >= 11 is 0. The summed E-state index contributed by atoms with van der Waals surface area (Å²) < 4.78 is 17.8. The van der Waals surface area contributed by atoms with Crippen LogP contribution in [0.25, 0.3) is 6.08 Å². The molecule has 1 rings (SSSR count). The third kappa shape index (κ3) is 7.04. The van der Waals surface area contributed by atoms with Gasteiger partial charge in [-0.05, 0) is 37.6 Å². The van der Waals surface area contributed by atoms with Gasteiger partial charge >= 0.3 is 5.97 Å². The molecule has 0 atom stereocenters. The SMILES string of the molecule is CCNC(=O)CN(CC)C(=O)COC(=O)/C=C/c1cccc(F)c1. The highest BCUT2D eigenvalue weighted by molar-refractivity contribution is 5.90. The molecule has 0 radical (unpaired) electrons. The highest BCUT2D eigenvalue weighted by Gasteiger charge is 2.16. The average molecular weight is 336 g/mol. The molecule has 1 aromatic carbocycles. The van der Waals surface area contributed by atoms with Gasteiger partial charge in [-0.1, -0.05) is 12.1 Å². The number of nitrogens with one attached hydrogen (secondary N) is 1. The molecule has 0 aliphatic heterocycles. The first-order chi connectivity index (χ1) is 11.5. The molecule has 1 N–H and O–H groups in total. The van der Waals surface area contributed by atoms with Gasteiger partial charge in [-0.25, -0.2) is 9.18 Å². The van der Waals surface area contributed by atoms with Gasteiger partial charge in [0.05, 0.1) is 6.54 Å². The van der Waals surface area contributed by atoms with Gasteiger partial charge in [0.25, 0.3) is 5.91 Å². The monoisotopic (exact) mass is 336 g/mol. The van der Waals surface area contributed by atoms with E-state index in [0.29, 0.717) is 18.7 Å². The fraction of sp³-hybridized carbons (Fsp3) is 0.353. The van der Waals surface area contributed by atoms with Crippen molar-refractivity contribution in [3.63, 3.8) is 0 Å². The Morgan fingerprint density at radius 2 is 2.04 bits per heavy atom. The second-order valence-corrected chi connectivity index (χ2v) is 4.86. The molecular weight excluding hydrogens is 315 g/mol. The highest BCUT2D eigenvalue weighted by Crippen LogP contribution is 2.05. The number of carbonyl (C=O) groups excluding carboxylic acids is 3. The molecule has 1 aromatic rings. The first-order valence-corrected chi connectivity index (χ1v) is 7.61. The van der Waals surface area contributed by atoms with E-state index in [4.69, 9.17) is 4.74 Å². The van der Waals surface area contributed by atoms with Gasteiger partial charge in [0.1, 0.15) is 5.82 Å². The summed E-state index contributed by atoms with van der Waals surface area (Å²) in [6.07, 6.45) is 2.50. The molecule has 0 heterocycles. The van der Waals surface area contributed by atoms with Crippen molar-refractivity contribution < 1.29 is 23.5 Å². The minimum absolute atomic E-state index is 0.0835. The summed E-state index contributed by atoms with van der Waals surface area (Å²) in [5, 5.41) is 2.59. The van der Waals surface area contributed by atoms with Crippen molar-refractivity contribution >= 4 is 23.9 Å². The highest BCUT2D eigenvalue weighted by atomic mass is 19.1. The van der Waals surface area contributed by atoms with E-state index in [-0.39, 0.29) is 12.5 Å². The number of likely N-dealkylation sites (N-methyl/N-ethyl adjacent to an activating group) is 2. The topological polar surface area (TPSA) is 75.7 Å². The second-order valence-electron chi connectivity index (χ2n) is 4.86. The number of nitrogens with zero attached hydrogens (tertiary/aromatic N) is 1. The smallest absolute Gasteiger partial charge is 0.331 e. The van der Waals surface area contributed by atoms with Crippen molar-refractivity contribution in [1.29, 1.82) is 0 Å². The standard InChI is InChI=1S/C17H21FN2O4/c1-3-19-15(21)11-20(4-2)16(22)12-24-17(23)9-8-13-6-5-7-14(18)10-13/h5-10H,3-4,11-12H2,1-2H3,(H,19,21)/b9-8+. The van der Waals surface area contributed by atoms with E-state index in [2.05, 4.69) is 5.32 Å². The number of esters is 1. The Balaban J connectivity index is 2.47. The molecule has 0 saturated carbocycles. The summed E-state index contributed by atoms with van der Waals surface area (Å²) in [5.74, 6) is -1.87. The molecular formula is C17H21FN2O4. The Bertz CT molecular complexity index is 616. The zero-order valence-corrected chi connectivity index (χ0v) is 13.8. The molecule has 0 aliphatic rings. The molecule has 7 heteroatoms. The largest absolute Gasteiger partial charge is 0.452 e. The van der Waals surface area contributed by atoms with E-state index in [9.17, 15) is 18.8 Å². The molecule has 6 nitrogen and oxygen atoms in total. The summed E-state index contributed by atoms with van der Waals surface area (Å²) in [6, 6.07) is 5.70. The van der Waals surface area contributed by atoms with Crippen molar-refractivity contribution in [2.75, 3.05) is 26.2 Å². The lowest BCUT2D eigenvalue weighted by atomic mass is 10.2. The number of benzene rings is 1. The predicted molar refractivity (Wildman–Crippen MR) is 87.3 cm³/mol. The van der Waals surface area contributed by atoms with Gasteiger partial charge in [-0.2, -0.15) is 0 Å². The predicted octanol–water partition coefficient (Wildman–Crippen LogP) is 1.37. The van der Waals surface area contributed by atoms with Crippen molar-refractivity contribution in [3.05, 3.63) is 41.7 Å². The fourth-order valence-electron chi connectivity index (χ4n) is 1.85. The van der Waals surface area contributed by atoms with Crippen molar-refractivity contribution in [2.24, 2.45) is 0 Å². The van der Waals surface area contributed by atoms with Crippen LogP contribution in [0.3, 0.4) is 0 Å². The molecule has 2 amide bonds. The maximum atomic E-state index is 13.0. The summed E-state index contributed by atoms with van der Waals surface area (Å²) in [4.78, 5) is 36.3. The Morgan fingerprint density at radius 1 is 1.29 bits per heavy atom. The third-order valence-corrected chi connectivity index (χ3v) is 3.04. The number of amides is 2.